The number of hydrogen-bond acceptors (Lipinski definition) is 5. The number of rotatable bonds is 2. The van der Waals surface area contributed by atoms with Crippen LogP contribution in [0.3, 0.4) is 0 Å². The predicted octanol–water partition coefficient (Wildman–Crippen LogP) is 1.48. The zero-order chi connectivity index (χ0) is 11.8. The number of aromatic nitrogens is 1. The summed E-state index contributed by atoms with van der Waals surface area (Å²) in [4.78, 5) is 4.35. The van der Waals surface area contributed by atoms with Crippen LogP contribution in [0.1, 0.15) is 18.4 Å². The quantitative estimate of drug-likeness (QED) is 0.868. The fourth-order valence-corrected chi connectivity index (χ4v) is 3.45. The van der Waals surface area contributed by atoms with Gasteiger partial charge in [0.25, 0.3) is 0 Å². The molecule has 0 radical (unpaired) electrons. The Morgan fingerprint density at radius 1 is 1.81 bits per heavy atom. The Labute approximate surface area is 107 Å². The third kappa shape index (κ3) is 2.17. The molecule has 0 aromatic carbocycles. The highest BCUT2D eigenvalue weighted by molar-refractivity contribution is 9.10. The van der Waals surface area contributed by atoms with E-state index in [0.29, 0.717) is 6.61 Å². The number of halogens is 1. The Kier molecular flexibility index (Phi) is 3.65. The van der Waals surface area contributed by atoms with Gasteiger partial charge in [-0.2, -0.15) is 0 Å². The summed E-state index contributed by atoms with van der Waals surface area (Å²) in [7, 11) is 0. The summed E-state index contributed by atoms with van der Waals surface area (Å²) in [6, 6.07) is 0. The fourth-order valence-electron chi connectivity index (χ4n) is 2.02. The second-order valence-corrected chi connectivity index (χ2v) is 5.92. The van der Waals surface area contributed by atoms with Crippen LogP contribution in [0, 0.1) is 5.92 Å². The first-order chi connectivity index (χ1) is 7.56. The highest BCUT2D eigenvalue weighted by Crippen LogP contribution is 2.37. The molecule has 3 atom stereocenters. The van der Waals surface area contributed by atoms with Crippen LogP contribution in [0.4, 0.5) is 0 Å². The van der Waals surface area contributed by atoms with Crippen molar-refractivity contribution < 1.29 is 9.84 Å². The summed E-state index contributed by atoms with van der Waals surface area (Å²) in [6.45, 7) is 2.49. The standard InChI is InChI=1S/C10H15BrN2O2S/c1-6-2-7(3-14)10(12,5-15-6)9-13-8(11)4-16-9/h4,6-7,14H,2-3,5,12H2,1H3/t6-,7?,10-/m0/s1. The monoisotopic (exact) mass is 306 g/mol. The van der Waals surface area contributed by atoms with Crippen LogP contribution in [0.25, 0.3) is 0 Å². The van der Waals surface area contributed by atoms with Gasteiger partial charge >= 0.3 is 0 Å². The minimum absolute atomic E-state index is 0.00861. The lowest BCUT2D eigenvalue weighted by molar-refractivity contribution is -0.0670. The van der Waals surface area contributed by atoms with Gasteiger partial charge in [-0.25, -0.2) is 4.98 Å². The van der Waals surface area contributed by atoms with Crippen molar-refractivity contribution in [2.45, 2.75) is 25.0 Å². The lowest BCUT2D eigenvalue weighted by Gasteiger charge is -2.41. The van der Waals surface area contributed by atoms with Crippen LogP contribution >= 0.6 is 27.3 Å². The third-order valence-electron chi connectivity index (χ3n) is 3.05. The average molecular weight is 307 g/mol. The van der Waals surface area contributed by atoms with E-state index in [4.69, 9.17) is 10.5 Å². The Balaban J connectivity index is 2.28. The molecule has 0 saturated carbocycles. The summed E-state index contributed by atoms with van der Waals surface area (Å²) in [5.41, 5.74) is 5.70. The number of nitrogens with zero attached hydrogens (tertiary/aromatic N) is 1. The van der Waals surface area contributed by atoms with E-state index in [9.17, 15) is 5.11 Å². The molecule has 1 fully saturated rings. The maximum atomic E-state index is 9.44. The van der Waals surface area contributed by atoms with Crippen molar-refractivity contribution in [3.8, 4) is 0 Å². The van der Waals surface area contributed by atoms with Gasteiger partial charge in [-0.1, -0.05) is 0 Å². The minimum atomic E-state index is -0.655. The molecule has 0 amide bonds. The number of ether oxygens (including phenoxy) is 1. The van der Waals surface area contributed by atoms with Crippen LogP contribution in [0.15, 0.2) is 9.98 Å². The number of nitrogens with two attached hydrogens (primary N) is 1. The van der Waals surface area contributed by atoms with E-state index >= 15 is 0 Å². The molecular formula is C10H15BrN2O2S. The van der Waals surface area contributed by atoms with Gasteiger partial charge in [0.15, 0.2) is 0 Å². The van der Waals surface area contributed by atoms with Gasteiger partial charge < -0.3 is 15.6 Å². The molecule has 2 rings (SSSR count). The number of aliphatic hydroxyl groups excluding tert-OH is 1. The summed E-state index contributed by atoms with van der Waals surface area (Å²) in [6.07, 6.45) is 0.918. The largest absolute Gasteiger partial charge is 0.396 e. The zero-order valence-electron chi connectivity index (χ0n) is 9.02. The van der Waals surface area contributed by atoms with Crippen LogP contribution in [0.2, 0.25) is 0 Å². The summed E-state index contributed by atoms with van der Waals surface area (Å²) in [5, 5.41) is 12.2. The molecule has 1 unspecified atom stereocenters. The van der Waals surface area contributed by atoms with Crippen LogP contribution < -0.4 is 5.73 Å². The second kappa shape index (κ2) is 4.70. The Morgan fingerprint density at radius 2 is 2.56 bits per heavy atom. The number of hydrogen-bond donors (Lipinski definition) is 2. The Bertz CT molecular complexity index is 373. The lowest BCUT2D eigenvalue weighted by Crippen LogP contribution is -2.54. The second-order valence-electron chi connectivity index (χ2n) is 4.25. The van der Waals surface area contributed by atoms with Crippen molar-refractivity contribution in [3.05, 3.63) is 15.0 Å². The smallest absolute Gasteiger partial charge is 0.117 e. The fraction of sp³-hybridized carbons (Fsp3) is 0.700. The van der Waals surface area contributed by atoms with Crippen molar-refractivity contribution in [2.24, 2.45) is 11.7 Å². The molecule has 1 aliphatic heterocycles. The predicted molar refractivity (Wildman–Crippen MR) is 66.3 cm³/mol. The summed E-state index contributed by atoms with van der Waals surface area (Å²) < 4.78 is 6.39. The third-order valence-corrected chi connectivity index (χ3v) is 4.79. The maximum absolute atomic E-state index is 9.44. The molecule has 90 valence electrons. The first-order valence-corrected chi connectivity index (χ1v) is 6.86. The Hall–Kier alpha value is -0.0100. The molecule has 2 heterocycles. The molecule has 1 aliphatic rings. The molecular weight excluding hydrogens is 292 g/mol. The van der Waals surface area contributed by atoms with E-state index in [-0.39, 0.29) is 18.6 Å². The molecule has 1 aromatic rings. The van der Waals surface area contributed by atoms with Crippen molar-refractivity contribution >= 4 is 27.3 Å². The molecule has 1 aromatic heterocycles. The van der Waals surface area contributed by atoms with Crippen molar-refractivity contribution in [1.82, 2.24) is 4.98 Å². The number of thiazole rings is 1. The first-order valence-electron chi connectivity index (χ1n) is 5.19. The Morgan fingerprint density at radius 3 is 3.12 bits per heavy atom. The van der Waals surface area contributed by atoms with Gasteiger partial charge in [-0.05, 0) is 29.3 Å². The van der Waals surface area contributed by atoms with Crippen molar-refractivity contribution in [2.75, 3.05) is 13.2 Å². The molecule has 16 heavy (non-hydrogen) atoms. The molecule has 0 spiro atoms. The molecule has 0 bridgehead atoms. The highest BCUT2D eigenvalue weighted by Gasteiger charge is 2.43. The maximum Gasteiger partial charge on any atom is 0.117 e. The van der Waals surface area contributed by atoms with Gasteiger partial charge in [-0.3, -0.25) is 0 Å². The van der Waals surface area contributed by atoms with Gasteiger partial charge in [0.1, 0.15) is 9.61 Å². The highest BCUT2D eigenvalue weighted by atomic mass is 79.9. The molecule has 4 nitrogen and oxygen atoms in total. The molecule has 1 saturated heterocycles. The van der Waals surface area contributed by atoms with Crippen LogP contribution in [-0.2, 0) is 10.3 Å². The molecule has 6 heteroatoms. The van der Waals surface area contributed by atoms with Gasteiger partial charge in [-0.15, -0.1) is 11.3 Å². The summed E-state index contributed by atoms with van der Waals surface area (Å²) >= 11 is 4.82. The normalized spacial score (nSPS) is 35.2. The van der Waals surface area contributed by atoms with Gasteiger partial charge in [0.2, 0.25) is 0 Å². The molecule has 3 N–H and O–H groups in total. The lowest BCUT2D eigenvalue weighted by atomic mass is 9.80. The van der Waals surface area contributed by atoms with Gasteiger partial charge in [0, 0.05) is 17.9 Å². The van der Waals surface area contributed by atoms with E-state index in [0.717, 1.165) is 16.0 Å². The SMILES string of the molecule is C[C@H]1CC(CO)[C@](N)(c2nc(Br)cs2)CO1. The van der Waals surface area contributed by atoms with E-state index in [1.165, 1.54) is 11.3 Å². The number of aliphatic hydroxyl groups is 1. The van der Waals surface area contributed by atoms with Crippen molar-refractivity contribution in [3.63, 3.8) is 0 Å². The van der Waals surface area contributed by atoms with Crippen LogP contribution in [0.5, 0.6) is 0 Å². The van der Waals surface area contributed by atoms with Gasteiger partial charge in [0.05, 0.1) is 18.2 Å². The topological polar surface area (TPSA) is 68.4 Å². The first kappa shape index (κ1) is 12.4. The van der Waals surface area contributed by atoms with E-state index < -0.39 is 5.54 Å². The van der Waals surface area contributed by atoms with Crippen molar-refractivity contribution in [1.29, 1.82) is 0 Å². The van der Waals surface area contributed by atoms with E-state index in [1.807, 2.05) is 12.3 Å². The molecule has 0 aliphatic carbocycles. The summed E-state index contributed by atoms with van der Waals surface area (Å²) in [5.74, 6) is 0.00861. The zero-order valence-corrected chi connectivity index (χ0v) is 11.4. The van der Waals surface area contributed by atoms with Crippen LogP contribution in [-0.4, -0.2) is 29.4 Å². The van der Waals surface area contributed by atoms with E-state index in [2.05, 4.69) is 20.9 Å². The van der Waals surface area contributed by atoms with E-state index in [1.54, 1.807) is 0 Å². The minimum Gasteiger partial charge on any atom is -0.396 e. The average Bonchev–Trinajstić information content (AvgIpc) is 2.69.